The maximum absolute atomic E-state index is 6.21. The largest absolute Gasteiger partial charge is 0.383 e. The highest BCUT2D eigenvalue weighted by molar-refractivity contribution is 6.07. The molecule has 0 amide bonds. The van der Waals surface area contributed by atoms with Crippen molar-refractivity contribution in [2.75, 3.05) is 5.73 Å². The molecule has 0 spiro atoms. The fourth-order valence-corrected chi connectivity index (χ4v) is 3.13. The van der Waals surface area contributed by atoms with Gasteiger partial charge in [-0.2, -0.15) is 0 Å². The number of nitrogen functional groups attached to an aromatic ring is 1. The van der Waals surface area contributed by atoms with E-state index in [0.29, 0.717) is 5.82 Å². The van der Waals surface area contributed by atoms with Gasteiger partial charge >= 0.3 is 0 Å². The van der Waals surface area contributed by atoms with Gasteiger partial charge in [0.2, 0.25) is 0 Å². The average Bonchev–Trinajstić information content (AvgIpc) is 2.95. The highest BCUT2D eigenvalue weighted by Gasteiger charge is 2.22. The number of pyridine rings is 1. The van der Waals surface area contributed by atoms with E-state index >= 15 is 0 Å². The summed E-state index contributed by atoms with van der Waals surface area (Å²) in [6.45, 7) is 6.45. The molecule has 1 aromatic carbocycles. The monoisotopic (exact) mass is 317 g/mol. The number of fused-ring (bicyclic) bond motifs is 2. The Balaban J connectivity index is 2.14. The lowest BCUT2D eigenvalue weighted by Gasteiger charge is -2.21. The molecule has 0 saturated carbocycles. The number of anilines is 1. The van der Waals surface area contributed by atoms with Crippen molar-refractivity contribution >= 4 is 27.6 Å². The van der Waals surface area contributed by atoms with E-state index in [2.05, 4.69) is 58.6 Å². The first-order valence-corrected chi connectivity index (χ1v) is 7.92. The van der Waals surface area contributed by atoms with Gasteiger partial charge in [0.15, 0.2) is 0 Å². The lowest BCUT2D eigenvalue weighted by molar-refractivity contribution is 0.408. The number of hydrogen-bond acceptors (Lipinski definition) is 4. The fraction of sp³-hybridized carbons (Fsp3) is 0.211. The zero-order chi connectivity index (χ0) is 16.9. The van der Waals surface area contributed by atoms with Crippen LogP contribution < -0.4 is 5.73 Å². The second-order valence-corrected chi connectivity index (χ2v) is 6.95. The van der Waals surface area contributed by atoms with Crippen molar-refractivity contribution in [3.63, 3.8) is 0 Å². The summed E-state index contributed by atoms with van der Waals surface area (Å²) in [5.74, 6) is 0.492. The molecule has 4 rings (SSSR count). The van der Waals surface area contributed by atoms with Gasteiger partial charge in [-0.3, -0.25) is 4.98 Å². The molecule has 0 atom stereocenters. The summed E-state index contributed by atoms with van der Waals surface area (Å²) < 4.78 is 2.15. The zero-order valence-electron chi connectivity index (χ0n) is 14.0. The Morgan fingerprint density at radius 3 is 2.58 bits per heavy atom. The Morgan fingerprint density at radius 2 is 1.79 bits per heavy atom. The molecule has 3 aromatic heterocycles. The average molecular weight is 317 g/mol. The second-order valence-electron chi connectivity index (χ2n) is 6.95. The molecule has 0 saturated heterocycles. The van der Waals surface area contributed by atoms with E-state index < -0.39 is 0 Å². The van der Waals surface area contributed by atoms with Gasteiger partial charge in [-0.1, -0.05) is 24.3 Å². The Bertz CT molecular complexity index is 1050. The van der Waals surface area contributed by atoms with E-state index in [4.69, 9.17) is 5.73 Å². The molecule has 120 valence electrons. The van der Waals surface area contributed by atoms with Gasteiger partial charge in [0.25, 0.3) is 0 Å². The van der Waals surface area contributed by atoms with E-state index in [1.54, 1.807) is 0 Å². The van der Waals surface area contributed by atoms with Gasteiger partial charge in [-0.05, 0) is 26.2 Å². The molecule has 0 aliphatic heterocycles. The Morgan fingerprint density at radius 1 is 1.00 bits per heavy atom. The molecule has 0 bridgehead atoms. The Labute approximate surface area is 140 Å². The van der Waals surface area contributed by atoms with Crippen LogP contribution in [0.15, 0.2) is 49.2 Å². The molecule has 0 fully saturated rings. The number of aromatic nitrogens is 4. The Kier molecular flexibility index (Phi) is 3.06. The van der Waals surface area contributed by atoms with Crippen molar-refractivity contribution in [3.8, 4) is 11.1 Å². The molecular formula is C19H19N5. The molecule has 5 heteroatoms. The predicted molar refractivity (Wildman–Crippen MR) is 97.7 cm³/mol. The van der Waals surface area contributed by atoms with Crippen LogP contribution in [0.2, 0.25) is 0 Å². The van der Waals surface area contributed by atoms with Crippen LogP contribution in [0.1, 0.15) is 20.8 Å². The Hall–Kier alpha value is -2.95. The van der Waals surface area contributed by atoms with Gasteiger partial charge in [-0.15, -0.1) is 0 Å². The minimum atomic E-state index is -0.116. The normalized spacial score (nSPS) is 12.1. The molecule has 24 heavy (non-hydrogen) atoms. The van der Waals surface area contributed by atoms with Crippen molar-refractivity contribution < 1.29 is 0 Å². The highest BCUT2D eigenvalue weighted by atomic mass is 15.1. The number of benzene rings is 1. The van der Waals surface area contributed by atoms with Crippen LogP contribution in [0.4, 0.5) is 5.82 Å². The molecule has 0 radical (unpaired) electrons. The van der Waals surface area contributed by atoms with Crippen LogP contribution in [0.3, 0.4) is 0 Å². The lowest BCUT2D eigenvalue weighted by Crippen LogP contribution is -2.21. The van der Waals surface area contributed by atoms with Crippen LogP contribution >= 0.6 is 0 Å². The summed E-state index contributed by atoms with van der Waals surface area (Å²) in [7, 11) is 0. The minimum absolute atomic E-state index is 0.116. The van der Waals surface area contributed by atoms with Gasteiger partial charge in [0.05, 0.1) is 5.39 Å². The first-order valence-electron chi connectivity index (χ1n) is 7.92. The summed E-state index contributed by atoms with van der Waals surface area (Å²) in [6, 6.07) is 8.22. The molecule has 0 aliphatic rings. The fourth-order valence-electron chi connectivity index (χ4n) is 3.13. The quantitative estimate of drug-likeness (QED) is 0.576. The second kappa shape index (κ2) is 5.03. The maximum Gasteiger partial charge on any atom is 0.146 e. The van der Waals surface area contributed by atoms with Gasteiger partial charge in [0, 0.05) is 40.6 Å². The number of rotatable bonds is 1. The van der Waals surface area contributed by atoms with E-state index in [0.717, 1.165) is 32.9 Å². The van der Waals surface area contributed by atoms with Crippen LogP contribution in [-0.4, -0.2) is 19.5 Å². The molecule has 4 aromatic rings. The standard InChI is InChI=1S/C19H19N5/c1-19(2,3)24-10-15(16-17(20)22-11-23-18(16)24)14-9-21-8-12-6-4-5-7-13(12)14/h4-11H,1-3H3,(H2,20,22,23). The third-order valence-corrected chi connectivity index (χ3v) is 4.29. The van der Waals surface area contributed by atoms with Crippen molar-refractivity contribution in [2.24, 2.45) is 0 Å². The van der Waals surface area contributed by atoms with Crippen LogP contribution in [0.25, 0.3) is 32.9 Å². The lowest BCUT2D eigenvalue weighted by atomic mass is 10.0. The third-order valence-electron chi connectivity index (χ3n) is 4.29. The predicted octanol–water partition coefficient (Wildman–Crippen LogP) is 3.98. The van der Waals surface area contributed by atoms with Crippen molar-refractivity contribution in [3.05, 3.63) is 49.2 Å². The van der Waals surface area contributed by atoms with E-state index in [1.807, 2.05) is 24.5 Å². The topological polar surface area (TPSA) is 69.6 Å². The van der Waals surface area contributed by atoms with Crippen LogP contribution in [0, 0.1) is 0 Å². The molecule has 0 unspecified atom stereocenters. The van der Waals surface area contributed by atoms with Crippen molar-refractivity contribution in [1.82, 2.24) is 19.5 Å². The van der Waals surface area contributed by atoms with Gasteiger partial charge < -0.3 is 10.3 Å². The molecule has 0 aliphatic carbocycles. The SMILES string of the molecule is CC(C)(C)n1cc(-c2cncc3ccccc23)c2c(N)ncnc21. The summed E-state index contributed by atoms with van der Waals surface area (Å²) in [5.41, 5.74) is 9.00. The van der Waals surface area contributed by atoms with Crippen LogP contribution in [0.5, 0.6) is 0 Å². The molecule has 2 N–H and O–H groups in total. The maximum atomic E-state index is 6.21. The summed E-state index contributed by atoms with van der Waals surface area (Å²) in [6.07, 6.45) is 7.39. The smallest absolute Gasteiger partial charge is 0.146 e. The highest BCUT2D eigenvalue weighted by Crippen LogP contribution is 2.37. The molecule has 5 nitrogen and oxygen atoms in total. The minimum Gasteiger partial charge on any atom is -0.383 e. The van der Waals surface area contributed by atoms with Gasteiger partial charge in [0.1, 0.15) is 17.8 Å². The number of nitrogens with two attached hydrogens (primary N) is 1. The molecule has 3 heterocycles. The molecular weight excluding hydrogens is 298 g/mol. The van der Waals surface area contributed by atoms with Crippen LogP contribution in [-0.2, 0) is 5.54 Å². The zero-order valence-corrected chi connectivity index (χ0v) is 14.0. The van der Waals surface area contributed by atoms with Gasteiger partial charge in [-0.25, -0.2) is 9.97 Å². The van der Waals surface area contributed by atoms with E-state index in [1.165, 1.54) is 6.33 Å². The number of hydrogen-bond donors (Lipinski definition) is 1. The first-order chi connectivity index (χ1) is 11.5. The van der Waals surface area contributed by atoms with Crippen molar-refractivity contribution in [1.29, 1.82) is 0 Å². The first kappa shape index (κ1) is 14.6. The summed E-state index contributed by atoms with van der Waals surface area (Å²) >= 11 is 0. The summed E-state index contributed by atoms with van der Waals surface area (Å²) in [5, 5.41) is 3.12. The third kappa shape index (κ3) is 2.12. The van der Waals surface area contributed by atoms with E-state index in [9.17, 15) is 0 Å². The van der Waals surface area contributed by atoms with Crippen molar-refractivity contribution in [2.45, 2.75) is 26.3 Å². The summed E-state index contributed by atoms with van der Waals surface area (Å²) in [4.78, 5) is 13.1. The van der Waals surface area contributed by atoms with E-state index in [-0.39, 0.29) is 5.54 Å². The number of nitrogens with zero attached hydrogens (tertiary/aromatic N) is 4.